The van der Waals surface area contributed by atoms with Gasteiger partial charge in [0.2, 0.25) is 0 Å². The molecular formula is C29H21N3Se. The average Bonchev–Trinajstić information content (AvgIpc) is 3.49. The van der Waals surface area contributed by atoms with E-state index in [2.05, 4.69) is 130 Å². The van der Waals surface area contributed by atoms with Gasteiger partial charge in [-0.2, -0.15) is 0 Å². The van der Waals surface area contributed by atoms with Crippen LogP contribution in [0.4, 0.5) is 17.2 Å². The van der Waals surface area contributed by atoms with Crippen molar-refractivity contribution < 1.29 is 0 Å². The van der Waals surface area contributed by atoms with E-state index < -0.39 is 0 Å². The van der Waals surface area contributed by atoms with Crippen molar-refractivity contribution >= 4 is 36.2 Å². The van der Waals surface area contributed by atoms with E-state index in [0.29, 0.717) is 0 Å². The molecule has 0 atom stereocenters. The third-order valence-corrected chi connectivity index (χ3v) is 7.33. The van der Waals surface area contributed by atoms with Crippen molar-refractivity contribution in [3.63, 3.8) is 0 Å². The van der Waals surface area contributed by atoms with Gasteiger partial charge in [0.25, 0.3) is 0 Å². The van der Waals surface area contributed by atoms with Gasteiger partial charge in [0.05, 0.1) is 0 Å². The molecule has 0 amide bonds. The second-order valence-corrected chi connectivity index (χ2v) is 9.62. The molecule has 0 fully saturated rings. The summed E-state index contributed by atoms with van der Waals surface area (Å²) in [6.07, 6.45) is 2.17. The molecule has 0 bridgehead atoms. The van der Waals surface area contributed by atoms with Gasteiger partial charge >= 0.3 is 199 Å². The van der Waals surface area contributed by atoms with E-state index in [1.807, 2.05) is 6.07 Å². The number of aromatic nitrogens is 2. The molecule has 4 heteroatoms. The van der Waals surface area contributed by atoms with Gasteiger partial charge in [-0.15, -0.1) is 0 Å². The van der Waals surface area contributed by atoms with Crippen LogP contribution < -0.4 is 4.90 Å². The number of hydrogen-bond donors (Lipinski definition) is 0. The molecule has 0 aliphatic heterocycles. The third-order valence-electron chi connectivity index (χ3n) is 5.74. The van der Waals surface area contributed by atoms with Crippen molar-refractivity contribution in [2.75, 3.05) is 4.90 Å². The molecule has 0 aliphatic rings. The van der Waals surface area contributed by atoms with Crippen LogP contribution >= 0.6 is 0 Å². The van der Waals surface area contributed by atoms with E-state index in [1.165, 1.54) is 11.1 Å². The van der Waals surface area contributed by atoms with Crippen LogP contribution in [0.5, 0.6) is 0 Å². The Kier molecular flexibility index (Phi) is 5.16. The second kappa shape index (κ2) is 8.59. The fraction of sp³-hybridized carbons (Fsp3) is 0. The number of para-hydroxylation sites is 2. The first-order valence-electron chi connectivity index (χ1n) is 10.9. The topological polar surface area (TPSA) is 20.5 Å². The summed E-state index contributed by atoms with van der Waals surface area (Å²) in [5.74, 6) is 1.07. The third kappa shape index (κ3) is 3.70. The molecule has 0 saturated carbocycles. The predicted molar refractivity (Wildman–Crippen MR) is 138 cm³/mol. The van der Waals surface area contributed by atoms with Crippen LogP contribution in [-0.2, 0) is 0 Å². The van der Waals surface area contributed by atoms with Crippen LogP contribution in [0.3, 0.4) is 0 Å². The SMILES string of the molecule is c1ccc(-c2ccc(-c3nc4[se]ccn4c3N(c3ccccc3)c3ccccc3)cc2)cc1. The first-order chi connectivity index (χ1) is 16.4. The minimum atomic E-state index is 0.232. The van der Waals surface area contributed by atoms with Gasteiger partial charge in [0.15, 0.2) is 0 Å². The molecule has 2 aromatic heterocycles. The molecule has 4 aromatic carbocycles. The van der Waals surface area contributed by atoms with Crippen molar-refractivity contribution in [2.45, 2.75) is 0 Å². The minimum absolute atomic E-state index is 0.232. The van der Waals surface area contributed by atoms with Gasteiger partial charge in [-0.1, -0.05) is 0 Å². The van der Waals surface area contributed by atoms with E-state index in [1.54, 1.807) is 0 Å². The Hall–Kier alpha value is -3.85. The molecule has 0 saturated heterocycles. The summed E-state index contributed by atoms with van der Waals surface area (Å²) in [7, 11) is 0. The number of fused-ring (bicyclic) bond motifs is 1. The molecule has 158 valence electrons. The zero-order valence-electron chi connectivity index (χ0n) is 17.9. The predicted octanol–water partition coefficient (Wildman–Crippen LogP) is 7.20. The summed E-state index contributed by atoms with van der Waals surface area (Å²) < 4.78 is 3.37. The molecule has 2 heterocycles. The molecule has 3 nitrogen and oxygen atoms in total. The van der Waals surface area contributed by atoms with E-state index in [-0.39, 0.29) is 14.5 Å². The van der Waals surface area contributed by atoms with Crippen LogP contribution in [0.15, 0.2) is 126 Å². The van der Waals surface area contributed by atoms with Crippen molar-refractivity contribution in [2.24, 2.45) is 0 Å². The normalized spacial score (nSPS) is 11.0. The summed E-state index contributed by atoms with van der Waals surface area (Å²) in [6.45, 7) is 0. The van der Waals surface area contributed by atoms with Gasteiger partial charge in [0, 0.05) is 0 Å². The van der Waals surface area contributed by atoms with Gasteiger partial charge < -0.3 is 0 Å². The van der Waals surface area contributed by atoms with Crippen molar-refractivity contribution in [3.05, 3.63) is 126 Å². The monoisotopic (exact) mass is 491 g/mol. The van der Waals surface area contributed by atoms with Gasteiger partial charge in [-0.05, 0) is 0 Å². The molecule has 0 aliphatic carbocycles. The number of anilines is 3. The van der Waals surface area contributed by atoms with Gasteiger partial charge in [-0.3, -0.25) is 0 Å². The zero-order chi connectivity index (χ0) is 22.0. The van der Waals surface area contributed by atoms with Crippen LogP contribution in [0.25, 0.3) is 26.9 Å². The average molecular weight is 490 g/mol. The number of rotatable bonds is 5. The van der Waals surface area contributed by atoms with Crippen LogP contribution in [0.1, 0.15) is 0 Å². The summed E-state index contributed by atoms with van der Waals surface area (Å²) in [6, 6.07) is 40.3. The Bertz CT molecular complexity index is 1450. The van der Waals surface area contributed by atoms with Crippen molar-refractivity contribution in [1.82, 2.24) is 9.38 Å². The number of hydrogen-bond acceptors (Lipinski definition) is 2. The molecule has 0 unspecified atom stereocenters. The van der Waals surface area contributed by atoms with Gasteiger partial charge in [-0.25, -0.2) is 0 Å². The molecule has 0 N–H and O–H groups in total. The van der Waals surface area contributed by atoms with E-state index in [9.17, 15) is 0 Å². The Morgan fingerprint density at radius 3 is 1.70 bits per heavy atom. The Balaban J connectivity index is 1.54. The molecule has 0 spiro atoms. The van der Waals surface area contributed by atoms with Crippen LogP contribution in [0.2, 0.25) is 0 Å². The van der Waals surface area contributed by atoms with E-state index >= 15 is 0 Å². The summed E-state index contributed by atoms with van der Waals surface area (Å²) in [5.41, 5.74) is 6.77. The fourth-order valence-electron chi connectivity index (χ4n) is 4.18. The Labute approximate surface area is 199 Å². The maximum atomic E-state index is 5.12. The van der Waals surface area contributed by atoms with Crippen LogP contribution in [0, 0.1) is 0 Å². The maximum absolute atomic E-state index is 5.12. The second-order valence-electron chi connectivity index (χ2n) is 7.79. The fourth-order valence-corrected chi connectivity index (χ4v) is 5.67. The quantitative estimate of drug-likeness (QED) is 0.238. The molecule has 33 heavy (non-hydrogen) atoms. The van der Waals surface area contributed by atoms with Crippen molar-refractivity contribution in [3.8, 4) is 22.4 Å². The summed E-state index contributed by atoms with van der Waals surface area (Å²) in [5, 5.41) is 0. The Morgan fingerprint density at radius 2 is 1.09 bits per heavy atom. The summed E-state index contributed by atoms with van der Waals surface area (Å²) in [4.78, 5) is 9.66. The summed E-state index contributed by atoms with van der Waals surface area (Å²) >= 11 is 0.232. The van der Waals surface area contributed by atoms with E-state index in [0.717, 1.165) is 33.0 Å². The zero-order valence-corrected chi connectivity index (χ0v) is 19.6. The standard InChI is InChI=1S/C29H21N3Se/c1-4-10-22(11-5-1)23-16-18-24(19-17-23)27-28(31-20-21-33-29(31)30-27)32(25-12-6-2-7-13-25)26-14-8-3-9-15-26/h1-21H. The number of nitrogens with zero attached hydrogens (tertiary/aromatic N) is 3. The molecular weight excluding hydrogens is 469 g/mol. The van der Waals surface area contributed by atoms with Crippen molar-refractivity contribution in [1.29, 1.82) is 0 Å². The number of imidazole rings is 1. The first kappa shape index (κ1) is 19.8. The molecule has 6 aromatic rings. The van der Waals surface area contributed by atoms with Gasteiger partial charge in [0.1, 0.15) is 0 Å². The number of benzene rings is 4. The van der Waals surface area contributed by atoms with E-state index in [4.69, 9.17) is 4.98 Å². The van der Waals surface area contributed by atoms with Crippen LogP contribution in [-0.4, -0.2) is 23.9 Å². The Morgan fingerprint density at radius 1 is 0.576 bits per heavy atom. The first-order valence-corrected chi connectivity index (χ1v) is 12.7. The molecule has 6 rings (SSSR count). The molecule has 0 radical (unpaired) electrons.